The van der Waals surface area contributed by atoms with Crippen molar-refractivity contribution in [2.45, 2.75) is 31.8 Å². The largest absolute Gasteiger partial charge is 0.332 e. The zero-order valence-electron chi connectivity index (χ0n) is 10.5. The maximum Gasteiger partial charge on any atom is 0.223 e. The summed E-state index contributed by atoms with van der Waals surface area (Å²) in [4.78, 5) is 15.5. The van der Waals surface area contributed by atoms with E-state index in [1.807, 2.05) is 4.90 Å². The molecular formula is C11H18N6O. The smallest absolute Gasteiger partial charge is 0.223 e. The fourth-order valence-corrected chi connectivity index (χ4v) is 3.00. The van der Waals surface area contributed by atoms with Crippen LogP contribution < -0.4 is 5.32 Å². The SMILES string of the molecule is Cn1nnc(CN2C(=O)CCC3CNCCC32)n1. The molecule has 2 saturated heterocycles. The lowest BCUT2D eigenvalue weighted by atomic mass is 9.84. The summed E-state index contributed by atoms with van der Waals surface area (Å²) in [6.45, 7) is 2.50. The summed E-state index contributed by atoms with van der Waals surface area (Å²) in [5.74, 6) is 1.43. The van der Waals surface area contributed by atoms with Crippen molar-refractivity contribution >= 4 is 5.91 Å². The van der Waals surface area contributed by atoms with E-state index in [1.165, 1.54) is 4.80 Å². The van der Waals surface area contributed by atoms with Crippen LogP contribution in [0.4, 0.5) is 0 Å². The summed E-state index contributed by atoms with van der Waals surface area (Å²) in [5.41, 5.74) is 0. The molecule has 0 saturated carbocycles. The number of likely N-dealkylation sites (tertiary alicyclic amines) is 1. The minimum Gasteiger partial charge on any atom is -0.332 e. The van der Waals surface area contributed by atoms with Crippen LogP contribution in [0.3, 0.4) is 0 Å². The molecule has 18 heavy (non-hydrogen) atoms. The standard InChI is InChI=1S/C11H18N6O/c1-16-14-10(13-15-16)7-17-9-4-5-12-6-8(9)2-3-11(17)18/h8-9,12H,2-7H2,1H3. The number of nitrogens with zero attached hydrogens (tertiary/aromatic N) is 5. The Labute approximate surface area is 106 Å². The Balaban J connectivity index is 1.76. The van der Waals surface area contributed by atoms with Gasteiger partial charge < -0.3 is 10.2 Å². The number of aryl methyl sites for hydroxylation is 1. The Bertz CT molecular complexity index is 444. The molecule has 0 bridgehead atoms. The van der Waals surface area contributed by atoms with E-state index < -0.39 is 0 Å². The van der Waals surface area contributed by atoms with E-state index in [1.54, 1.807) is 7.05 Å². The average molecular weight is 250 g/mol. The Morgan fingerprint density at radius 3 is 3.11 bits per heavy atom. The fourth-order valence-electron chi connectivity index (χ4n) is 3.00. The molecule has 7 heteroatoms. The van der Waals surface area contributed by atoms with Gasteiger partial charge in [-0.2, -0.15) is 4.80 Å². The first-order valence-corrected chi connectivity index (χ1v) is 6.47. The summed E-state index contributed by atoms with van der Waals surface area (Å²) >= 11 is 0. The number of hydrogen-bond donors (Lipinski definition) is 1. The Hall–Kier alpha value is -1.50. The molecule has 0 spiro atoms. The molecule has 98 valence electrons. The number of carbonyl (C=O) groups excluding carboxylic acids is 1. The minimum atomic E-state index is 0.227. The molecule has 1 N–H and O–H groups in total. The van der Waals surface area contributed by atoms with Gasteiger partial charge in [-0.15, -0.1) is 10.2 Å². The van der Waals surface area contributed by atoms with Crippen molar-refractivity contribution in [1.29, 1.82) is 0 Å². The number of piperidine rings is 2. The number of carbonyl (C=O) groups is 1. The van der Waals surface area contributed by atoms with Crippen LogP contribution in [-0.4, -0.2) is 50.1 Å². The summed E-state index contributed by atoms with van der Waals surface area (Å²) in [7, 11) is 1.74. The van der Waals surface area contributed by atoms with Gasteiger partial charge in [-0.05, 0) is 37.1 Å². The number of hydrogen-bond acceptors (Lipinski definition) is 5. The van der Waals surface area contributed by atoms with E-state index in [0.29, 0.717) is 30.7 Å². The molecule has 0 radical (unpaired) electrons. The van der Waals surface area contributed by atoms with E-state index >= 15 is 0 Å². The molecule has 2 aliphatic heterocycles. The van der Waals surface area contributed by atoms with Crippen LogP contribution in [0, 0.1) is 5.92 Å². The lowest BCUT2D eigenvalue weighted by Gasteiger charge is -2.43. The molecule has 1 aromatic heterocycles. The molecule has 3 rings (SSSR count). The van der Waals surface area contributed by atoms with E-state index in [-0.39, 0.29) is 5.91 Å². The normalized spacial score (nSPS) is 28.3. The Morgan fingerprint density at radius 2 is 2.33 bits per heavy atom. The number of aromatic nitrogens is 4. The third-order valence-corrected chi connectivity index (χ3v) is 3.88. The number of tetrazole rings is 1. The first-order chi connectivity index (χ1) is 8.74. The zero-order chi connectivity index (χ0) is 12.5. The second-order valence-corrected chi connectivity index (χ2v) is 5.08. The molecule has 0 aliphatic carbocycles. The van der Waals surface area contributed by atoms with Crippen molar-refractivity contribution < 1.29 is 4.79 Å². The number of nitrogens with one attached hydrogen (secondary N) is 1. The molecule has 1 aromatic rings. The number of amides is 1. The molecule has 2 unspecified atom stereocenters. The van der Waals surface area contributed by atoms with Crippen LogP contribution >= 0.6 is 0 Å². The van der Waals surface area contributed by atoms with Crippen LogP contribution in [0.15, 0.2) is 0 Å². The van der Waals surface area contributed by atoms with Crippen LogP contribution in [0.25, 0.3) is 0 Å². The summed E-state index contributed by atoms with van der Waals surface area (Å²) in [6, 6.07) is 0.344. The quantitative estimate of drug-likeness (QED) is 0.752. The van der Waals surface area contributed by atoms with E-state index in [0.717, 1.165) is 25.9 Å². The monoisotopic (exact) mass is 250 g/mol. The van der Waals surface area contributed by atoms with Gasteiger partial charge in [0.15, 0.2) is 5.82 Å². The predicted molar refractivity (Wildman–Crippen MR) is 63.3 cm³/mol. The van der Waals surface area contributed by atoms with Gasteiger partial charge in [0.1, 0.15) is 0 Å². The first-order valence-electron chi connectivity index (χ1n) is 6.47. The van der Waals surface area contributed by atoms with Gasteiger partial charge in [0, 0.05) is 12.5 Å². The molecule has 1 amide bonds. The molecule has 2 atom stereocenters. The Kier molecular flexibility index (Phi) is 2.99. The summed E-state index contributed by atoms with van der Waals surface area (Å²) < 4.78 is 0. The van der Waals surface area contributed by atoms with E-state index in [9.17, 15) is 4.79 Å². The maximum absolute atomic E-state index is 12.1. The predicted octanol–water partition coefficient (Wildman–Crippen LogP) is -0.689. The molecule has 7 nitrogen and oxygen atoms in total. The topological polar surface area (TPSA) is 75.9 Å². The zero-order valence-corrected chi connectivity index (χ0v) is 10.5. The van der Waals surface area contributed by atoms with Gasteiger partial charge >= 0.3 is 0 Å². The molecular weight excluding hydrogens is 232 g/mol. The van der Waals surface area contributed by atoms with Gasteiger partial charge in [0.05, 0.1) is 13.6 Å². The second-order valence-electron chi connectivity index (χ2n) is 5.08. The van der Waals surface area contributed by atoms with Gasteiger partial charge in [0.25, 0.3) is 0 Å². The highest BCUT2D eigenvalue weighted by Gasteiger charge is 2.37. The van der Waals surface area contributed by atoms with Gasteiger partial charge in [-0.1, -0.05) is 0 Å². The van der Waals surface area contributed by atoms with E-state index in [2.05, 4.69) is 20.7 Å². The van der Waals surface area contributed by atoms with Crippen molar-refractivity contribution in [3.05, 3.63) is 5.82 Å². The lowest BCUT2D eigenvalue weighted by Crippen LogP contribution is -2.54. The summed E-state index contributed by atoms with van der Waals surface area (Å²) in [6.07, 6.45) is 2.67. The Morgan fingerprint density at radius 1 is 1.44 bits per heavy atom. The summed E-state index contributed by atoms with van der Waals surface area (Å²) in [5, 5.41) is 15.4. The van der Waals surface area contributed by atoms with Crippen molar-refractivity contribution in [3.63, 3.8) is 0 Å². The number of rotatable bonds is 2. The molecule has 2 fully saturated rings. The molecule has 0 aromatic carbocycles. The number of fused-ring (bicyclic) bond motifs is 1. The first kappa shape index (κ1) is 11.6. The highest BCUT2D eigenvalue weighted by atomic mass is 16.2. The second kappa shape index (κ2) is 4.64. The third-order valence-electron chi connectivity index (χ3n) is 3.88. The third kappa shape index (κ3) is 2.10. The van der Waals surface area contributed by atoms with Gasteiger partial charge in [-0.25, -0.2) is 0 Å². The van der Waals surface area contributed by atoms with Crippen LogP contribution in [0.2, 0.25) is 0 Å². The highest BCUT2D eigenvalue weighted by molar-refractivity contribution is 5.77. The highest BCUT2D eigenvalue weighted by Crippen LogP contribution is 2.29. The molecule has 3 heterocycles. The van der Waals surface area contributed by atoms with Gasteiger partial charge in [-0.3, -0.25) is 4.79 Å². The van der Waals surface area contributed by atoms with Crippen LogP contribution in [-0.2, 0) is 18.4 Å². The van der Waals surface area contributed by atoms with Crippen molar-refractivity contribution in [2.75, 3.05) is 13.1 Å². The van der Waals surface area contributed by atoms with Crippen LogP contribution in [0.5, 0.6) is 0 Å². The average Bonchev–Trinajstić information content (AvgIpc) is 2.79. The fraction of sp³-hybridized carbons (Fsp3) is 0.818. The minimum absolute atomic E-state index is 0.227. The van der Waals surface area contributed by atoms with Crippen molar-refractivity contribution in [2.24, 2.45) is 13.0 Å². The maximum atomic E-state index is 12.1. The van der Waals surface area contributed by atoms with Crippen LogP contribution in [0.1, 0.15) is 25.1 Å². The van der Waals surface area contributed by atoms with Gasteiger partial charge in [0.2, 0.25) is 5.91 Å². The lowest BCUT2D eigenvalue weighted by molar-refractivity contribution is -0.140. The van der Waals surface area contributed by atoms with Crippen molar-refractivity contribution in [3.8, 4) is 0 Å². The van der Waals surface area contributed by atoms with Crippen molar-refractivity contribution in [1.82, 2.24) is 30.4 Å². The van der Waals surface area contributed by atoms with E-state index in [4.69, 9.17) is 0 Å². The molecule has 2 aliphatic rings.